The first-order chi connectivity index (χ1) is 13.6. The van der Waals surface area contributed by atoms with E-state index in [0.717, 1.165) is 12.1 Å². The smallest absolute Gasteiger partial charge is 0.333 e. The quantitative estimate of drug-likeness (QED) is 0.613. The van der Waals surface area contributed by atoms with Crippen molar-refractivity contribution in [3.05, 3.63) is 29.8 Å². The fraction of sp³-hybridized carbons (Fsp3) is 0.412. The molecule has 12 heteroatoms. The maximum atomic E-state index is 12.9. The number of nitrogens with one attached hydrogen (secondary N) is 3. The molecule has 154 valence electrons. The van der Waals surface area contributed by atoms with Crippen LogP contribution in [0.2, 0.25) is 0 Å². The summed E-state index contributed by atoms with van der Waals surface area (Å²) in [6.07, 6.45) is -4.58. The molecule has 3 heterocycles. The number of hydrogen-bond acceptors (Lipinski definition) is 4. The van der Waals surface area contributed by atoms with Crippen LogP contribution in [0.1, 0.15) is 12.0 Å². The van der Waals surface area contributed by atoms with E-state index in [9.17, 15) is 32.3 Å². The molecule has 4 rings (SSSR count). The zero-order valence-corrected chi connectivity index (χ0v) is 14.9. The largest absolute Gasteiger partial charge is 0.416 e. The minimum Gasteiger partial charge on any atom is -0.333 e. The highest BCUT2D eigenvalue weighted by Gasteiger charge is 2.56. The Hall–Kier alpha value is -3.31. The minimum atomic E-state index is -4.53. The summed E-state index contributed by atoms with van der Waals surface area (Å²) in [5.74, 6) is -0.907. The Bertz CT molecular complexity index is 913. The van der Waals surface area contributed by atoms with Crippen LogP contribution in [0.5, 0.6) is 0 Å². The number of anilines is 1. The third-order valence-electron chi connectivity index (χ3n) is 5.16. The molecule has 6 amide bonds. The summed E-state index contributed by atoms with van der Waals surface area (Å²) in [6.45, 7) is 0.0188. The van der Waals surface area contributed by atoms with Gasteiger partial charge in [-0.05, 0) is 18.2 Å². The Kier molecular flexibility index (Phi) is 4.17. The number of carbonyl (C=O) groups is 4. The molecule has 1 unspecified atom stereocenters. The van der Waals surface area contributed by atoms with Gasteiger partial charge in [-0.25, -0.2) is 9.59 Å². The molecule has 3 aliphatic rings. The number of nitrogens with zero attached hydrogens (tertiary/aromatic N) is 2. The van der Waals surface area contributed by atoms with E-state index in [4.69, 9.17) is 0 Å². The van der Waals surface area contributed by atoms with Gasteiger partial charge in [0, 0.05) is 18.7 Å². The van der Waals surface area contributed by atoms with Crippen molar-refractivity contribution in [2.75, 3.05) is 24.5 Å². The number of alkyl halides is 3. The van der Waals surface area contributed by atoms with Gasteiger partial charge in [0.05, 0.1) is 24.7 Å². The molecule has 0 bridgehead atoms. The maximum absolute atomic E-state index is 12.9. The molecule has 0 radical (unpaired) electrons. The number of halogens is 3. The molecule has 3 aliphatic heterocycles. The Morgan fingerprint density at radius 3 is 2.55 bits per heavy atom. The zero-order chi connectivity index (χ0) is 21.0. The van der Waals surface area contributed by atoms with Crippen LogP contribution < -0.4 is 20.9 Å². The van der Waals surface area contributed by atoms with Crippen molar-refractivity contribution >= 4 is 29.6 Å². The number of hydrogen-bond donors (Lipinski definition) is 3. The number of urea groups is 2. The molecule has 9 nitrogen and oxygen atoms in total. The minimum absolute atomic E-state index is 0.00554. The first-order valence-electron chi connectivity index (χ1n) is 8.74. The van der Waals surface area contributed by atoms with Crippen LogP contribution in [0.4, 0.5) is 28.4 Å². The highest BCUT2D eigenvalue weighted by molar-refractivity contribution is 6.08. The predicted octanol–water partition coefficient (Wildman–Crippen LogP) is 0.414. The van der Waals surface area contributed by atoms with Gasteiger partial charge in [-0.15, -0.1) is 0 Å². The van der Waals surface area contributed by atoms with E-state index in [1.165, 1.54) is 21.9 Å². The van der Waals surface area contributed by atoms with Crippen LogP contribution in [0, 0.1) is 0 Å². The predicted molar refractivity (Wildman–Crippen MR) is 91.7 cm³/mol. The molecule has 1 atom stereocenters. The van der Waals surface area contributed by atoms with Crippen LogP contribution in [-0.2, 0) is 15.8 Å². The molecule has 3 fully saturated rings. The number of likely N-dealkylation sites (tertiary alicyclic amines) is 1. The Morgan fingerprint density at radius 2 is 1.93 bits per heavy atom. The fourth-order valence-electron chi connectivity index (χ4n) is 3.67. The molecule has 1 spiro atoms. The number of carbonyl (C=O) groups excluding carboxylic acids is 4. The molecule has 1 aromatic rings. The normalized spacial score (nSPS) is 23.1. The van der Waals surface area contributed by atoms with Crippen molar-refractivity contribution in [3.8, 4) is 0 Å². The summed E-state index contributed by atoms with van der Waals surface area (Å²) in [5, 5.41) is 7.23. The van der Waals surface area contributed by atoms with Gasteiger partial charge in [0.25, 0.3) is 5.91 Å². The van der Waals surface area contributed by atoms with E-state index in [2.05, 4.69) is 16.0 Å². The summed E-state index contributed by atoms with van der Waals surface area (Å²) in [7, 11) is 0. The molecule has 1 aromatic carbocycles. The van der Waals surface area contributed by atoms with Gasteiger partial charge >= 0.3 is 18.2 Å². The monoisotopic (exact) mass is 411 g/mol. The molecule has 3 N–H and O–H groups in total. The lowest BCUT2D eigenvalue weighted by atomic mass is 9.90. The number of imide groups is 1. The zero-order valence-electron chi connectivity index (χ0n) is 14.9. The fourth-order valence-corrected chi connectivity index (χ4v) is 3.67. The van der Waals surface area contributed by atoms with E-state index in [1.54, 1.807) is 0 Å². The maximum Gasteiger partial charge on any atom is 0.416 e. The van der Waals surface area contributed by atoms with Gasteiger partial charge in [0.1, 0.15) is 0 Å². The van der Waals surface area contributed by atoms with Crippen molar-refractivity contribution in [1.29, 1.82) is 0 Å². The molecular formula is C17H16F3N5O4. The Morgan fingerprint density at radius 1 is 1.21 bits per heavy atom. The van der Waals surface area contributed by atoms with Gasteiger partial charge in [-0.1, -0.05) is 6.07 Å². The lowest BCUT2D eigenvalue weighted by Crippen LogP contribution is -2.73. The first-order valence-corrected chi connectivity index (χ1v) is 8.74. The highest BCUT2D eigenvalue weighted by atomic mass is 19.4. The average molecular weight is 411 g/mol. The molecule has 29 heavy (non-hydrogen) atoms. The van der Waals surface area contributed by atoms with Crippen LogP contribution >= 0.6 is 0 Å². The highest BCUT2D eigenvalue weighted by Crippen LogP contribution is 2.33. The summed E-state index contributed by atoms with van der Waals surface area (Å²) < 4.78 is 38.7. The van der Waals surface area contributed by atoms with Crippen LogP contribution in [-0.4, -0.2) is 60.0 Å². The van der Waals surface area contributed by atoms with E-state index >= 15 is 0 Å². The van der Waals surface area contributed by atoms with Gasteiger partial charge in [-0.3, -0.25) is 14.9 Å². The SMILES string of the molecule is O=C1NC(=O)C2(CN(C(=O)NC3CC(=O)N(c4cccc(C(F)(F)F)c4)C3)C2)N1. The van der Waals surface area contributed by atoms with Crippen LogP contribution in [0.25, 0.3) is 0 Å². The van der Waals surface area contributed by atoms with Crippen molar-refractivity contribution in [3.63, 3.8) is 0 Å². The molecule has 3 saturated heterocycles. The van der Waals surface area contributed by atoms with Crippen molar-refractivity contribution in [2.45, 2.75) is 24.2 Å². The second-order valence-corrected chi connectivity index (χ2v) is 7.25. The summed E-state index contributed by atoms with van der Waals surface area (Å²) in [4.78, 5) is 50.1. The molecule has 0 aliphatic carbocycles. The third kappa shape index (κ3) is 3.34. The van der Waals surface area contributed by atoms with E-state index in [-0.39, 0.29) is 31.7 Å². The Labute approximate surface area is 162 Å². The van der Waals surface area contributed by atoms with Crippen molar-refractivity contribution in [2.24, 2.45) is 0 Å². The third-order valence-corrected chi connectivity index (χ3v) is 5.16. The number of benzene rings is 1. The molecular weight excluding hydrogens is 395 g/mol. The lowest BCUT2D eigenvalue weighted by Gasteiger charge is -2.45. The second kappa shape index (κ2) is 6.36. The standard InChI is InChI=1S/C17H16F3N5O4/c18-17(19,20)9-2-1-3-11(4-9)25-6-10(5-12(25)26)21-15(29)24-7-16(8-24)13(27)22-14(28)23-16/h1-4,10H,5-8H2,(H,21,29)(H2,22,23,27,28). The van der Waals surface area contributed by atoms with E-state index < -0.39 is 47.2 Å². The summed E-state index contributed by atoms with van der Waals surface area (Å²) >= 11 is 0. The van der Waals surface area contributed by atoms with Gasteiger partial charge in [-0.2, -0.15) is 13.2 Å². The van der Waals surface area contributed by atoms with Crippen molar-refractivity contribution in [1.82, 2.24) is 20.9 Å². The van der Waals surface area contributed by atoms with Gasteiger partial charge < -0.3 is 20.4 Å². The Balaban J connectivity index is 1.36. The van der Waals surface area contributed by atoms with E-state index in [0.29, 0.717) is 0 Å². The van der Waals surface area contributed by atoms with Crippen molar-refractivity contribution < 1.29 is 32.3 Å². The number of amides is 6. The summed E-state index contributed by atoms with van der Waals surface area (Å²) in [5.41, 5.74) is -1.88. The molecule has 0 saturated carbocycles. The van der Waals surface area contributed by atoms with Crippen LogP contribution in [0.15, 0.2) is 24.3 Å². The average Bonchev–Trinajstić information content (AvgIpc) is 3.11. The van der Waals surface area contributed by atoms with E-state index in [1.807, 2.05) is 0 Å². The topological polar surface area (TPSA) is 111 Å². The number of rotatable bonds is 2. The first kappa shape index (κ1) is 19.0. The van der Waals surface area contributed by atoms with Gasteiger partial charge in [0.15, 0.2) is 5.54 Å². The van der Waals surface area contributed by atoms with Crippen LogP contribution in [0.3, 0.4) is 0 Å². The second-order valence-electron chi connectivity index (χ2n) is 7.25. The lowest BCUT2D eigenvalue weighted by molar-refractivity contribution is -0.137. The molecule has 0 aromatic heterocycles. The van der Waals surface area contributed by atoms with Gasteiger partial charge in [0.2, 0.25) is 5.91 Å². The summed E-state index contributed by atoms with van der Waals surface area (Å²) in [6, 6.07) is 2.70.